The van der Waals surface area contributed by atoms with Crippen LogP contribution in [0, 0.1) is 5.92 Å². The summed E-state index contributed by atoms with van der Waals surface area (Å²) >= 11 is 0. The Morgan fingerprint density at radius 2 is 1.81 bits per heavy atom. The van der Waals surface area contributed by atoms with Crippen LogP contribution in [-0.4, -0.2) is 53.0 Å². The van der Waals surface area contributed by atoms with Crippen molar-refractivity contribution in [2.75, 3.05) is 19.6 Å². The maximum absolute atomic E-state index is 12.9. The molecule has 1 aromatic carbocycles. The molecule has 0 aliphatic carbocycles. The van der Waals surface area contributed by atoms with Crippen LogP contribution in [0.5, 0.6) is 0 Å². The lowest BCUT2D eigenvalue weighted by Crippen LogP contribution is -2.60. The van der Waals surface area contributed by atoms with E-state index in [0.717, 1.165) is 32.6 Å². The first-order valence-corrected chi connectivity index (χ1v) is 10.3. The second kappa shape index (κ2) is 7.32. The van der Waals surface area contributed by atoms with E-state index < -0.39 is 0 Å². The summed E-state index contributed by atoms with van der Waals surface area (Å²) in [5.41, 5.74) is 1.38. The topological polar surface area (TPSA) is 35.6 Å². The van der Waals surface area contributed by atoms with Gasteiger partial charge in [0.2, 0.25) is 5.91 Å². The summed E-state index contributed by atoms with van der Waals surface area (Å²) in [5.74, 6) is 0.968. The molecule has 4 rings (SSSR count). The van der Waals surface area contributed by atoms with Crippen molar-refractivity contribution in [1.29, 1.82) is 0 Å². The van der Waals surface area contributed by atoms with E-state index in [2.05, 4.69) is 59.3 Å². The fourth-order valence-electron chi connectivity index (χ4n) is 5.22. The molecule has 4 nitrogen and oxygen atoms in total. The number of hydrogen-bond donors (Lipinski definition) is 1. The molecule has 26 heavy (non-hydrogen) atoms. The van der Waals surface area contributed by atoms with Gasteiger partial charge in [-0.15, -0.1) is 0 Å². The van der Waals surface area contributed by atoms with E-state index in [-0.39, 0.29) is 5.54 Å². The highest BCUT2D eigenvalue weighted by molar-refractivity contribution is 5.76. The third-order valence-electron chi connectivity index (χ3n) is 6.68. The van der Waals surface area contributed by atoms with E-state index in [1.165, 1.54) is 31.2 Å². The number of hydrogen-bond acceptors (Lipinski definition) is 3. The van der Waals surface area contributed by atoms with E-state index in [4.69, 9.17) is 0 Å². The van der Waals surface area contributed by atoms with Crippen molar-refractivity contribution in [3.63, 3.8) is 0 Å². The second-order valence-electron chi connectivity index (χ2n) is 9.21. The number of nitrogens with one attached hydrogen (secondary N) is 1. The zero-order chi connectivity index (χ0) is 18.1. The summed E-state index contributed by atoms with van der Waals surface area (Å²) in [5, 5.41) is 3.68. The van der Waals surface area contributed by atoms with E-state index in [1.807, 2.05) is 0 Å². The molecule has 3 aliphatic rings. The summed E-state index contributed by atoms with van der Waals surface area (Å²) in [6.07, 6.45) is 5.75. The molecule has 4 heteroatoms. The molecule has 2 bridgehead atoms. The third-order valence-corrected chi connectivity index (χ3v) is 6.68. The molecule has 3 saturated heterocycles. The summed E-state index contributed by atoms with van der Waals surface area (Å²) < 4.78 is 0. The van der Waals surface area contributed by atoms with Gasteiger partial charge in [0.05, 0.1) is 0 Å². The molecule has 3 heterocycles. The molecule has 3 fully saturated rings. The first kappa shape index (κ1) is 18.0. The first-order chi connectivity index (χ1) is 12.5. The van der Waals surface area contributed by atoms with Crippen LogP contribution in [0.1, 0.15) is 51.5 Å². The summed E-state index contributed by atoms with van der Waals surface area (Å²) in [6, 6.07) is 12.0. The van der Waals surface area contributed by atoms with Crippen LogP contribution in [0.3, 0.4) is 0 Å². The highest BCUT2D eigenvalue weighted by Crippen LogP contribution is 2.33. The molecule has 0 spiro atoms. The average Bonchev–Trinajstić information content (AvgIpc) is 2.96. The Morgan fingerprint density at radius 3 is 2.46 bits per heavy atom. The zero-order valence-corrected chi connectivity index (χ0v) is 16.3. The van der Waals surface area contributed by atoms with Crippen molar-refractivity contribution in [2.45, 2.75) is 70.1 Å². The van der Waals surface area contributed by atoms with Gasteiger partial charge >= 0.3 is 0 Å². The van der Waals surface area contributed by atoms with Gasteiger partial charge in [-0.3, -0.25) is 9.69 Å². The third kappa shape index (κ3) is 3.96. The predicted octanol–water partition coefficient (Wildman–Crippen LogP) is 3.03. The highest BCUT2D eigenvalue weighted by atomic mass is 16.2. The Bertz CT molecular complexity index is 618. The Balaban J connectivity index is 1.32. The lowest BCUT2D eigenvalue weighted by Gasteiger charge is -2.47. The van der Waals surface area contributed by atoms with Crippen LogP contribution in [-0.2, 0) is 11.3 Å². The maximum atomic E-state index is 12.9. The Kier molecular flexibility index (Phi) is 5.07. The van der Waals surface area contributed by atoms with Crippen LogP contribution in [0.2, 0.25) is 0 Å². The highest BCUT2D eigenvalue weighted by Gasteiger charge is 2.38. The number of carbonyl (C=O) groups is 1. The van der Waals surface area contributed by atoms with Crippen molar-refractivity contribution >= 4 is 5.91 Å². The Labute approximate surface area is 157 Å². The van der Waals surface area contributed by atoms with E-state index in [1.54, 1.807) is 0 Å². The minimum atomic E-state index is 0.0247. The number of benzene rings is 1. The van der Waals surface area contributed by atoms with Crippen molar-refractivity contribution in [1.82, 2.24) is 15.1 Å². The fourth-order valence-corrected chi connectivity index (χ4v) is 5.22. The maximum Gasteiger partial charge on any atom is 0.222 e. The van der Waals surface area contributed by atoms with Crippen molar-refractivity contribution in [3.05, 3.63) is 35.9 Å². The van der Waals surface area contributed by atoms with Gasteiger partial charge in [0.15, 0.2) is 0 Å². The number of amides is 1. The molecule has 0 saturated carbocycles. The van der Waals surface area contributed by atoms with Crippen molar-refractivity contribution < 1.29 is 4.79 Å². The number of piperidine rings is 1. The van der Waals surface area contributed by atoms with Crippen LogP contribution >= 0.6 is 0 Å². The first-order valence-electron chi connectivity index (χ1n) is 10.3. The van der Waals surface area contributed by atoms with Gasteiger partial charge in [0, 0.05) is 50.2 Å². The minimum Gasteiger partial charge on any atom is -0.340 e. The molecule has 2 atom stereocenters. The number of piperazine rings is 1. The van der Waals surface area contributed by atoms with E-state index in [9.17, 15) is 4.79 Å². The SMILES string of the molecule is CC1(C)CN(C(=O)CC2CC3CCC(C2)N3)CCN1Cc1ccccc1. The average molecular weight is 356 g/mol. The zero-order valence-electron chi connectivity index (χ0n) is 16.3. The second-order valence-corrected chi connectivity index (χ2v) is 9.21. The smallest absolute Gasteiger partial charge is 0.222 e. The van der Waals surface area contributed by atoms with Gasteiger partial charge in [-0.1, -0.05) is 30.3 Å². The monoisotopic (exact) mass is 355 g/mol. The molecule has 0 radical (unpaired) electrons. The lowest BCUT2D eigenvalue weighted by atomic mass is 9.88. The summed E-state index contributed by atoms with van der Waals surface area (Å²) in [6.45, 7) is 8.20. The minimum absolute atomic E-state index is 0.0247. The molecular formula is C22H33N3O. The van der Waals surface area contributed by atoms with Gasteiger partial charge in [0.1, 0.15) is 0 Å². The van der Waals surface area contributed by atoms with Gasteiger partial charge in [-0.25, -0.2) is 0 Å². The quantitative estimate of drug-likeness (QED) is 0.902. The number of rotatable bonds is 4. The molecule has 2 unspecified atom stereocenters. The van der Waals surface area contributed by atoms with Gasteiger partial charge in [-0.05, 0) is 51.0 Å². The van der Waals surface area contributed by atoms with Gasteiger partial charge < -0.3 is 10.2 Å². The lowest BCUT2D eigenvalue weighted by molar-refractivity contribution is -0.137. The molecule has 1 N–H and O–H groups in total. The molecule has 1 aromatic rings. The van der Waals surface area contributed by atoms with E-state index in [0.29, 0.717) is 23.9 Å². The number of carbonyl (C=O) groups excluding carboxylic acids is 1. The van der Waals surface area contributed by atoms with Crippen LogP contribution in [0.25, 0.3) is 0 Å². The Morgan fingerprint density at radius 1 is 1.12 bits per heavy atom. The molecule has 142 valence electrons. The standard InChI is InChI=1S/C22H33N3O/c1-22(2)16-24(10-11-25(22)15-17-6-4-3-5-7-17)21(26)14-18-12-19-8-9-20(13-18)23-19/h3-7,18-20,23H,8-16H2,1-2H3. The number of nitrogens with zero attached hydrogens (tertiary/aromatic N) is 2. The van der Waals surface area contributed by atoms with Crippen molar-refractivity contribution in [3.8, 4) is 0 Å². The van der Waals surface area contributed by atoms with Crippen molar-refractivity contribution in [2.24, 2.45) is 5.92 Å². The van der Waals surface area contributed by atoms with Crippen LogP contribution < -0.4 is 5.32 Å². The Hall–Kier alpha value is -1.39. The summed E-state index contributed by atoms with van der Waals surface area (Å²) in [7, 11) is 0. The van der Waals surface area contributed by atoms with Crippen LogP contribution in [0.15, 0.2) is 30.3 Å². The predicted molar refractivity (Wildman–Crippen MR) is 105 cm³/mol. The molecular weight excluding hydrogens is 322 g/mol. The largest absolute Gasteiger partial charge is 0.340 e. The normalized spacial score (nSPS) is 31.2. The molecule has 0 aromatic heterocycles. The number of fused-ring (bicyclic) bond motifs is 2. The van der Waals surface area contributed by atoms with Gasteiger partial charge in [-0.2, -0.15) is 0 Å². The van der Waals surface area contributed by atoms with Gasteiger partial charge in [0.25, 0.3) is 0 Å². The fraction of sp³-hybridized carbons (Fsp3) is 0.682. The summed E-state index contributed by atoms with van der Waals surface area (Å²) in [4.78, 5) is 17.6. The van der Waals surface area contributed by atoms with E-state index >= 15 is 0 Å². The van der Waals surface area contributed by atoms with Crippen LogP contribution in [0.4, 0.5) is 0 Å². The molecule has 1 amide bonds. The molecule has 3 aliphatic heterocycles.